The van der Waals surface area contributed by atoms with Crippen molar-refractivity contribution in [3.05, 3.63) is 88.9 Å². The molecule has 0 bridgehead atoms. The Bertz CT molecular complexity index is 1230. The van der Waals surface area contributed by atoms with Crippen LogP contribution >= 0.6 is 0 Å². The molecule has 3 N–H and O–H groups in total. The molecule has 1 unspecified atom stereocenters. The van der Waals surface area contributed by atoms with E-state index >= 15 is 0 Å². The number of allylic oxidation sites excluding steroid dienone is 1. The van der Waals surface area contributed by atoms with Gasteiger partial charge in [0.15, 0.2) is 0 Å². The molecule has 2 aromatic rings. The summed E-state index contributed by atoms with van der Waals surface area (Å²) in [6.07, 6.45) is 10.8. The summed E-state index contributed by atoms with van der Waals surface area (Å²) >= 11 is 0. The van der Waals surface area contributed by atoms with Crippen molar-refractivity contribution in [2.24, 2.45) is 11.8 Å². The van der Waals surface area contributed by atoms with Gasteiger partial charge in [0, 0.05) is 61.8 Å². The maximum atomic E-state index is 13.9. The predicted octanol–water partition coefficient (Wildman–Crippen LogP) is 4.77. The van der Waals surface area contributed by atoms with Crippen molar-refractivity contribution in [3.8, 4) is 0 Å². The molecule has 1 saturated carbocycles. The van der Waals surface area contributed by atoms with Crippen LogP contribution in [0.5, 0.6) is 0 Å². The quantitative estimate of drug-likeness (QED) is 0.515. The Morgan fingerprint density at radius 1 is 1.08 bits per heavy atom. The van der Waals surface area contributed by atoms with Gasteiger partial charge >= 0.3 is 0 Å². The molecular formula is C31H39N5O. The van der Waals surface area contributed by atoms with E-state index in [9.17, 15) is 4.79 Å². The first kappa shape index (κ1) is 24.1. The number of nitrogens with zero attached hydrogens (tertiary/aromatic N) is 2. The molecule has 4 aliphatic rings. The molecule has 0 radical (unpaired) electrons. The van der Waals surface area contributed by atoms with E-state index in [0.29, 0.717) is 5.92 Å². The Hall–Kier alpha value is -3.25. The number of hydrogen-bond acceptors (Lipinski definition) is 5. The van der Waals surface area contributed by atoms with Crippen molar-refractivity contribution in [3.63, 3.8) is 0 Å². The maximum Gasteiger partial charge on any atom is 0.254 e. The van der Waals surface area contributed by atoms with Crippen molar-refractivity contribution < 1.29 is 4.79 Å². The van der Waals surface area contributed by atoms with Gasteiger partial charge in [0.05, 0.1) is 5.70 Å². The molecule has 6 heteroatoms. The third-order valence-electron chi connectivity index (χ3n) is 8.77. The highest BCUT2D eigenvalue weighted by atomic mass is 16.2. The van der Waals surface area contributed by atoms with Gasteiger partial charge in [-0.05, 0) is 53.2 Å². The molecule has 37 heavy (non-hydrogen) atoms. The Morgan fingerprint density at radius 3 is 2.68 bits per heavy atom. The van der Waals surface area contributed by atoms with Crippen LogP contribution in [0.1, 0.15) is 60.2 Å². The summed E-state index contributed by atoms with van der Waals surface area (Å²) < 4.78 is 0. The number of anilines is 1. The first-order valence-corrected chi connectivity index (χ1v) is 13.8. The van der Waals surface area contributed by atoms with E-state index in [2.05, 4.69) is 76.2 Å². The van der Waals surface area contributed by atoms with Crippen LogP contribution in [0, 0.1) is 11.8 Å². The van der Waals surface area contributed by atoms with Gasteiger partial charge in [0.25, 0.3) is 5.91 Å². The van der Waals surface area contributed by atoms with Crippen LogP contribution in [0.4, 0.5) is 5.69 Å². The lowest BCUT2D eigenvalue weighted by Crippen LogP contribution is -2.51. The molecule has 3 aliphatic heterocycles. The Labute approximate surface area is 220 Å². The van der Waals surface area contributed by atoms with Gasteiger partial charge < -0.3 is 21.1 Å². The van der Waals surface area contributed by atoms with E-state index in [4.69, 9.17) is 0 Å². The second-order valence-electron chi connectivity index (χ2n) is 11.9. The van der Waals surface area contributed by atoms with Crippen LogP contribution in [-0.2, 0) is 18.4 Å². The highest BCUT2D eigenvalue weighted by molar-refractivity contribution is 5.98. The third kappa shape index (κ3) is 4.99. The molecule has 0 saturated heterocycles. The molecule has 3 heterocycles. The molecule has 2 aromatic carbocycles. The van der Waals surface area contributed by atoms with Crippen LogP contribution in [0.25, 0.3) is 0 Å². The molecule has 0 spiro atoms. The molecule has 1 fully saturated rings. The zero-order valence-electron chi connectivity index (χ0n) is 22.1. The minimum atomic E-state index is -0.0779. The fraction of sp³-hybridized carbons (Fsp3) is 0.452. The fourth-order valence-corrected chi connectivity index (χ4v) is 6.52. The smallest absolute Gasteiger partial charge is 0.254 e. The molecule has 1 amide bonds. The molecule has 6 nitrogen and oxygen atoms in total. The van der Waals surface area contributed by atoms with Gasteiger partial charge in [-0.2, -0.15) is 0 Å². The molecule has 0 aromatic heterocycles. The third-order valence-corrected chi connectivity index (χ3v) is 8.77. The van der Waals surface area contributed by atoms with Gasteiger partial charge in [0.1, 0.15) is 0 Å². The summed E-state index contributed by atoms with van der Waals surface area (Å²) in [4.78, 5) is 18.7. The second kappa shape index (κ2) is 9.90. The number of nitrogens with one attached hydrogen (secondary N) is 3. The van der Waals surface area contributed by atoms with Crippen LogP contribution in [0.2, 0.25) is 0 Å². The fourth-order valence-electron chi connectivity index (χ4n) is 6.52. The van der Waals surface area contributed by atoms with Crippen molar-refractivity contribution in [1.29, 1.82) is 0 Å². The summed E-state index contributed by atoms with van der Waals surface area (Å²) in [6.45, 7) is 9.42. The van der Waals surface area contributed by atoms with Crippen LogP contribution in [0.15, 0.2) is 66.6 Å². The lowest BCUT2D eigenvalue weighted by molar-refractivity contribution is 0.0520. The van der Waals surface area contributed by atoms with E-state index in [-0.39, 0.29) is 11.3 Å². The monoisotopic (exact) mass is 497 g/mol. The topological polar surface area (TPSA) is 59.6 Å². The first-order chi connectivity index (χ1) is 18.0. The summed E-state index contributed by atoms with van der Waals surface area (Å²) in [6, 6.07) is 15.2. The summed E-state index contributed by atoms with van der Waals surface area (Å²) in [5.74, 6) is 1.44. The van der Waals surface area contributed by atoms with Crippen LogP contribution in [0.3, 0.4) is 0 Å². The minimum absolute atomic E-state index is 0.0779. The number of carbonyl (C=O) groups is 1. The largest absolute Gasteiger partial charge is 0.354 e. The van der Waals surface area contributed by atoms with E-state index < -0.39 is 0 Å². The van der Waals surface area contributed by atoms with Crippen molar-refractivity contribution in [1.82, 2.24) is 20.7 Å². The van der Waals surface area contributed by atoms with Gasteiger partial charge in [0.2, 0.25) is 0 Å². The lowest BCUT2D eigenvalue weighted by Gasteiger charge is -2.45. The van der Waals surface area contributed by atoms with Crippen LogP contribution in [-0.4, -0.2) is 41.9 Å². The summed E-state index contributed by atoms with van der Waals surface area (Å²) in [5.41, 5.74) is 12.7. The molecule has 194 valence electrons. The van der Waals surface area contributed by atoms with Gasteiger partial charge in [-0.3, -0.25) is 9.69 Å². The van der Waals surface area contributed by atoms with E-state index in [1.54, 1.807) is 0 Å². The lowest BCUT2D eigenvalue weighted by atomic mass is 9.73. The number of hydrogen-bond donors (Lipinski definition) is 3. The summed E-state index contributed by atoms with van der Waals surface area (Å²) in [7, 11) is 0. The SMILES string of the molecule is CC1(C)CN(CC(CN2CCc3ccccc3C2)C2CCC2)C(=O)c2cc(NC3=CNNC=C3)ccc21. The first-order valence-electron chi connectivity index (χ1n) is 13.8. The van der Waals surface area contributed by atoms with Gasteiger partial charge in [-0.25, -0.2) is 0 Å². The molecule has 1 atom stereocenters. The number of hydrazine groups is 1. The second-order valence-corrected chi connectivity index (χ2v) is 11.9. The van der Waals surface area contributed by atoms with Crippen LogP contribution < -0.4 is 16.2 Å². The van der Waals surface area contributed by atoms with Crippen molar-refractivity contribution in [2.45, 2.75) is 51.5 Å². The zero-order chi connectivity index (χ0) is 25.4. The number of rotatable bonds is 7. The van der Waals surface area contributed by atoms with E-state index in [1.807, 2.05) is 24.5 Å². The Balaban J connectivity index is 1.20. The highest BCUT2D eigenvalue weighted by Gasteiger charge is 2.39. The average molecular weight is 498 g/mol. The Kier molecular flexibility index (Phi) is 6.45. The normalized spacial score (nSPS) is 21.6. The maximum absolute atomic E-state index is 13.9. The molecular weight excluding hydrogens is 458 g/mol. The van der Waals surface area contributed by atoms with Gasteiger partial charge in [-0.15, -0.1) is 0 Å². The highest BCUT2D eigenvalue weighted by Crippen LogP contribution is 2.39. The zero-order valence-corrected chi connectivity index (χ0v) is 22.1. The van der Waals surface area contributed by atoms with Crippen molar-refractivity contribution >= 4 is 11.6 Å². The summed E-state index contributed by atoms with van der Waals surface area (Å²) in [5, 5.41) is 3.43. The molecule has 6 rings (SSSR count). The van der Waals surface area contributed by atoms with Gasteiger partial charge in [-0.1, -0.05) is 63.4 Å². The number of carbonyl (C=O) groups excluding carboxylic acids is 1. The Morgan fingerprint density at radius 2 is 1.92 bits per heavy atom. The predicted molar refractivity (Wildman–Crippen MR) is 149 cm³/mol. The van der Waals surface area contributed by atoms with E-state index in [1.165, 1.54) is 30.4 Å². The molecule has 1 aliphatic carbocycles. The standard InChI is InChI=1S/C31H39N5O/c1-31(2)21-36(30(37)28-16-26(10-11-29(28)31)34-27-12-14-32-33-17-27)20-25(22-8-5-9-22)19-35-15-13-23-6-3-4-7-24(23)18-35/h3-4,6-7,10-12,14,16-17,22,25,32-34H,5,8-9,13,15,18-21H2,1-2H3. The van der Waals surface area contributed by atoms with Crippen molar-refractivity contribution in [2.75, 3.05) is 31.5 Å². The van der Waals surface area contributed by atoms with E-state index in [0.717, 1.165) is 67.6 Å². The number of benzene rings is 2. The number of amides is 1. The minimum Gasteiger partial charge on any atom is -0.354 e. The number of fused-ring (bicyclic) bond motifs is 2. The average Bonchev–Trinajstić information content (AvgIpc) is 2.86.